The van der Waals surface area contributed by atoms with Crippen molar-refractivity contribution >= 4 is 40.1 Å². The van der Waals surface area contributed by atoms with Crippen LogP contribution in [0.5, 0.6) is 0 Å². The van der Waals surface area contributed by atoms with E-state index >= 15 is 0 Å². The van der Waals surface area contributed by atoms with Crippen LogP contribution in [0, 0.1) is 0 Å². The van der Waals surface area contributed by atoms with Crippen molar-refractivity contribution < 1.29 is 0 Å². The third-order valence-electron chi connectivity index (χ3n) is 5.81. The Morgan fingerprint density at radius 3 is 2.42 bits per heavy atom. The molecule has 4 rings (SSSR count). The maximum absolute atomic E-state index is 5.83. The highest BCUT2D eigenvalue weighted by molar-refractivity contribution is 7.99. The van der Waals surface area contributed by atoms with Gasteiger partial charge in [0.25, 0.3) is 0 Å². The topological polar surface area (TPSA) is 87.5 Å². The lowest BCUT2D eigenvalue weighted by molar-refractivity contribution is 0.187. The average Bonchev–Trinajstić information content (AvgIpc) is 2.76. The highest BCUT2D eigenvalue weighted by Crippen LogP contribution is 2.25. The van der Waals surface area contributed by atoms with Gasteiger partial charge in [-0.05, 0) is 37.0 Å². The van der Waals surface area contributed by atoms with Crippen LogP contribution in [-0.4, -0.2) is 78.4 Å². The van der Waals surface area contributed by atoms with Gasteiger partial charge in [0.05, 0.1) is 0 Å². The van der Waals surface area contributed by atoms with E-state index in [1.54, 1.807) is 6.07 Å². The fraction of sp³-hybridized carbons (Fsp3) is 0.391. The maximum atomic E-state index is 5.83. The molecule has 1 saturated heterocycles. The third-order valence-corrected chi connectivity index (χ3v) is 6.95. The zero-order chi connectivity index (χ0) is 21.8. The molecule has 0 bridgehead atoms. The van der Waals surface area contributed by atoms with Gasteiger partial charge in [0, 0.05) is 55.5 Å². The van der Waals surface area contributed by atoms with E-state index in [1.807, 2.05) is 11.8 Å². The summed E-state index contributed by atoms with van der Waals surface area (Å²) >= 11 is 1.94. The summed E-state index contributed by atoms with van der Waals surface area (Å²) in [4.78, 5) is 16.7. The van der Waals surface area contributed by atoms with E-state index in [0.29, 0.717) is 11.9 Å². The van der Waals surface area contributed by atoms with E-state index in [-0.39, 0.29) is 5.95 Å². The minimum atomic E-state index is 0.232. The molecule has 1 aliphatic rings. The summed E-state index contributed by atoms with van der Waals surface area (Å²) in [5.41, 5.74) is 11.6. The lowest BCUT2D eigenvalue weighted by atomic mass is 10.1. The lowest BCUT2D eigenvalue weighted by Crippen LogP contribution is -2.51. The number of thioether (sulfide) groups is 1. The molecule has 1 unspecified atom stereocenters. The molecule has 8 heteroatoms. The standard InChI is InChI=1S/C23H31N7S/c1-28(2)19(16-31-20-8-7-17-5-3-4-6-18(17)13-20)15-29-9-11-30(12-10-29)22-14-21(24)26-23(25)27-22/h3-8,13-14,19H,9-12,15-16H2,1-2H3,(H4,24,25,26,27). The van der Waals surface area contributed by atoms with Crippen LogP contribution in [0.4, 0.5) is 17.6 Å². The monoisotopic (exact) mass is 437 g/mol. The maximum Gasteiger partial charge on any atom is 0.223 e. The number of hydrogen-bond acceptors (Lipinski definition) is 8. The number of hydrogen-bond donors (Lipinski definition) is 2. The van der Waals surface area contributed by atoms with Crippen molar-refractivity contribution in [1.29, 1.82) is 0 Å². The number of rotatable bonds is 7. The van der Waals surface area contributed by atoms with Crippen molar-refractivity contribution in [2.45, 2.75) is 10.9 Å². The van der Waals surface area contributed by atoms with Crippen molar-refractivity contribution in [2.24, 2.45) is 0 Å². The predicted octanol–water partition coefficient (Wildman–Crippen LogP) is 2.64. The fourth-order valence-electron chi connectivity index (χ4n) is 3.91. The number of aromatic nitrogens is 2. The Morgan fingerprint density at radius 2 is 1.71 bits per heavy atom. The summed E-state index contributed by atoms with van der Waals surface area (Å²) in [6.45, 7) is 4.86. The van der Waals surface area contributed by atoms with Crippen molar-refractivity contribution in [2.75, 3.05) is 68.9 Å². The number of piperazine rings is 1. The van der Waals surface area contributed by atoms with Crippen molar-refractivity contribution in [3.05, 3.63) is 48.5 Å². The number of nitrogen functional groups attached to an aromatic ring is 2. The van der Waals surface area contributed by atoms with Gasteiger partial charge in [0.2, 0.25) is 5.95 Å². The van der Waals surface area contributed by atoms with E-state index < -0.39 is 0 Å². The van der Waals surface area contributed by atoms with Gasteiger partial charge in [-0.15, -0.1) is 11.8 Å². The molecule has 0 aliphatic carbocycles. The van der Waals surface area contributed by atoms with Gasteiger partial charge < -0.3 is 21.3 Å². The van der Waals surface area contributed by atoms with Crippen LogP contribution in [0.15, 0.2) is 53.4 Å². The molecule has 0 saturated carbocycles. The van der Waals surface area contributed by atoms with Crippen molar-refractivity contribution in [3.8, 4) is 0 Å². The normalized spacial score (nSPS) is 16.2. The smallest absolute Gasteiger partial charge is 0.223 e. The number of fused-ring (bicyclic) bond motifs is 1. The van der Waals surface area contributed by atoms with E-state index in [0.717, 1.165) is 44.3 Å². The Balaban J connectivity index is 1.32. The van der Waals surface area contributed by atoms with Crippen LogP contribution >= 0.6 is 11.8 Å². The van der Waals surface area contributed by atoms with Crippen LogP contribution in [0.1, 0.15) is 0 Å². The van der Waals surface area contributed by atoms with Gasteiger partial charge in [-0.25, -0.2) is 0 Å². The molecule has 7 nitrogen and oxygen atoms in total. The Hall–Kier alpha value is -2.55. The van der Waals surface area contributed by atoms with Crippen LogP contribution in [0.3, 0.4) is 0 Å². The third kappa shape index (κ3) is 5.58. The highest BCUT2D eigenvalue weighted by Gasteiger charge is 2.22. The Labute approximate surface area is 188 Å². The molecule has 31 heavy (non-hydrogen) atoms. The van der Waals surface area contributed by atoms with E-state index in [1.165, 1.54) is 15.7 Å². The SMILES string of the molecule is CN(C)C(CSc1ccc2ccccc2c1)CN1CCN(c2cc(N)nc(N)n2)CC1. The molecule has 2 heterocycles. The molecule has 2 aromatic carbocycles. The zero-order valence-electron chi connectivity index (χ0n) is 18.2. The first-order chi connectivity index (χ1) is 15.0. The molecule has 1 fully saturated rings. The van der Waals surface area contributed by atoms with Crippen LogP contribution in [0.2, 0.25) is 0 Å². The summed E-state index contributed by atoms with van der Waals surface area (Å²) < 4.78 is 0. The minimum absolute atomic E-state index is 0.232. The molecule has 1 aromatic heterocycles. The number of nitrogens with two attached hydrogens (primary N) is 2. The Morgan fingerprint density at radius 1 is 0.968 bits per heavy atom. The number of anilines is 3. The number of nitrogens with zero attached hydrogens (tertiary/aromatic N) is 5. The van der Waals surface area contributed by atoms with Crippen LogP contribution in [0.25, 0.3) is 10.8 Å². The molecule has 0 radical (unpaired) electrons. The van der Waals surface area contributed by atoms with Gasteiger partial charge in [0.1, 0.15) is 11.6 Å². The van der Waals surface area contributed by atoms with E-state index in [4.69, 9.17) is 11.5 Å². The lowest BCUT2D eigenvalue weighted by Gasteiger charge is -2.38. The molecular weight excluding hydrogens is 406 g/mol. The first kappa shape index (κ1) is 21.7. The van der Waals surface area contributed by atoms with Gasteiger partial charge in [-0.3, -0.25) is 4.90 Å². The molecule has 4 N–H and O–H groups in total. The predicted molar refractivity (Wildman–Crippen MR) is 132 cm³/mol. The Kier molecular flexibility index (Phi) is 6.80. The highest BCUT2D eigenvalue weighted by atomic mass is 32.2. The quantitative estimate of drug-likeness (QED) is 0.546. The molecular formula is C23H31N7S. The Bertz CT molecular complexity index is 997. The zero-order valence-corrected chi connectivity index (χ0v) is 19.1. The van der Waals surface area contributed by atoms with Gasteiger partial charge in [0.15, 0.2) is 0 Å². The number of benzene rings is 2. The van der Waals surface area contributed by atoms with Gasteiger partial charge in [-0.1, -0.05) is 30.3 Å². The largest absolute Gasteiger partial charge is 0.383 e. The van der Waals surface area contributed by atoms with Crippen molar-refractivity contribution in [3.63, 3.8) is 0 Å². The first-order valence-corrected chi connectivity index (χ1v) is 11.6. The van der Waals surface area contributed by atoms with Crippen LogP contribution < -0.4 is 16.4 Å². The minimum Gasteiger partial charge on any atom is -0.383 e. The number of likely N-dealkylation sites (N-methyl/N-ethyl adjacent to an activating group) is 1. The van der Waals surface area contributed by atoms with Crippen LogP contribution in [-0.2, 0) is 0 Å². The van der Waals surface area contributed by atoms with E-state index in [2.05, 4.69) is 81.2 Å². The molecule has 1 aliphatic heterocycles. The van der Waals surface area contributed by atoms with Crippen molar-refractivity contribution in [1.82, 2.24) is 19.8 Å². The second kappa shape index (κ2) is 9.72. The molecule has 3 aromatic rings. The molecule has 1 atom stereocenters. The molecule has 164 valence electrons. The summed E-state index contributed by atoms with van der Waals surface area (Å²) in [5.74, 6) is 2.53. The summed E-state index contributed by atoms with van der Waals surface area (Å²) in [6.07, 6.45) is 0. The first-order valence-electron chi connectivity index (χ1n) is 10.6. The second-order valence-corrected chi connectivity index (χ2v) is 9.33. The van der Waals surface area contributed by atoms with Gasteiger partial charge in [-0.2, -0.15) is 9.97 Å². The summed E-state index contributed by atoms with van der Waals surface area (Å²) in [5, 5.41) is 2.59. The second-order valence-electron chi connectivity index (χ2n) is 8.23. The van der Waals surface area contributed by atoms with E-state index in [9.17, 15) is 0 Å². The fourth-order valence-corrected chi connectivity index (χ4v) is 5.07. The average molecular weight is 438 g/mol. The van der Waals surface area contributed by atoms with Gasteiger partial charge >= 0.3 is 0 Å². The molecule has 0 spiro atoms. The summed E-state index contributed by atoms with van der Waals surface area (Å²) in [7, 11) is 4.35. The molecule has 0 amide bonds. The summed E-state index contributed by atoms with van der Waals surface area (Å²) in [6, 6.07) is 17.6.